The smallest absolute Gasteiger partial charge is 0.328 e. The molecular weight excluding hydrogens is 320 g/mol. The Morgan fingerprint density at radius 3 is 2.52 bits per heavy atom. The monoisotopic (exact) mass is 340 g/mol. The highest BCUT2D eigenvalue weighted by atomic mass is 16.6. The maximum Gasteiger partial charge on any atom is 0.328 e. The van der Waals surface area contributed by atoms with Gasteiger partial charge in [-0.3, -0.25) is 14.4 Å². The fraction of sp³-hybridized carbons (Fsp3) is 0.350. The summed E-state index contributed by atoms with van der Waals surface area (Å²) in [5.74, 6) is -0.952. The van der Waals surface area contributed by atoms with Crippen LogP contribution in [-0.4, -0.2) is 29.2 Å². The third kappa shape index (κ3) is 3.14. The van der Waals surface area contributed by atoms with E-state index < -0.39 is 28.9 Å². The molecular formula is C20H20O5. The van der Waals surface area contributed by atoms with Gasteiger partial charge in [-0.1, -0.05) is 36.4 Å². The summed E-state index contributed by atoms with van der Waals surface area (Å²) in [5.41, 5.74) is -1.65. The van der Waals surface area contributed by atoms with E-state index in [4.69, 9.17) is 9.47 Å². The number of allylic oxidation sites excluding steroid dienone is 2. The molecule has 0 fully saturated rings. The van der Waals surface area contributed by atoms with Gasteiger partial charge in [0, 0.05) is 18.1 Å². The number of hydrogen-bond acceptors (Lipinski definition) is 5. The van der Waals surface area contributed by atoms with E-state index in [1.807, 2.05) is 18.2 Å². The van der Waals surface area contributed by atoms with Gasteiger partial charge < -0.3 is 9.47 Å². The van der Waals surface area contributed by atoms with Crippen molar-refractivity contribution in [1.82, 2.24) is 0 Å². The van der Waals surface area contributed by atoms with Crippen LogP contribution in [0.15, 0.2) is 48.6 Å². The van der Waals surface area contributed by atoms with Crippen molar-refractivity contribution in [3.8, 4) is 0 Å². The molecule has 5 heteroatoms. The van der Waals surface area contributed by atoms with Gasteiger partial charge in [0.1, 0.15) is 17.5 Å². The number of fused-ring (bicyclic) bond motifs is 1. The summed E-state index contributed by atoms with van der Waals surface area (Å²) in [5, 5.41) is 0. The van der Waals surface area contributed by atoms with Gasteiger partial charge in [0.2, 0.25) is 0 Å². The third-order valence-electron chi connectivity index (χ3n) is 4.16. The topological polar surface area (TPSA) is 69.7 Å². The molecule has 1 aromatic carbocycles. The molecule has 130 valence electrons. The molecule has 0 saturated carbocycles. The molecule has 2 atom stereocenters. The Morgan fingerprint density at radius 2 is 1.88 bits per heavy atom. The third-order valence-corrected chi connectivity index (χ3v) is 4.16. The SMILES string of the molecule is CC(C)(C)OC(=O)[C@@]12C=CC(=O)C[C@@H]1OC(c1ccccc1)=CC2=O. The average molecular weight is 340 g/mol. The second-order valence-corrected chi connectivity index (χ2v) is 7.22. The van der Waals surface area contributed by atoms with Gasteiger partial charge >= 0.3 is 5.97 Å². The van der Waals surface area contributed by atoms with Crippen molar-refractivity contribution >= 4 is 23.3 Å². The summed E-state index contributed by atoms with van der Waals surface area (Å²) in [4.78, 5) is 37.6. The molecule has 0 saturated heterocycles. The summed E-state index contributed by atoms with van der Waals surface area (Å²) in [6, 6.07) is 9.12. The lowest BCUT2D eigenvalue weighted by atomic mass is 9.71. The first kappa shape index (κ1) is 17.1. The van der Waals surface area contributed by atoms with Crippen molar-refractivity contribution in [2.75, 3.05) is 0 Å². The predicted molar refractivity (Wildman–Crippen MR) is 91.3 cm³/mol. The molecule has 2 aliphatic rings. The van der Waals surface area contributed by atoms with E-state index in [2.05, 4.69) is 0 Å². The number of ketones is 2. The van der Waals surface area contributed by atoms with Gasteiger partial charge in [-0.15, -0.1) is 0 Å². The van der Waals surface area contributed by atoms with Gasteiger partial charge in [0.15, 0.2) is 17.0 Å². The number of rotatable bonds is 2. The zero-order valence-electron chi connectivity index (χ0n) is 14.4. The molecule has 5 nitrogen and oxygen atoms in total. The summed E-state index contributed by atoms with van der Waals surface area (Å²) in [7, 11) is 0. The van der Waals surface area contributed by atoms with Crippen LogP contribution in [0.3, 0.4) is 0 Å². The number of carbonyl (C=O) groups excluding carboxylic acids is 3. The van der Waals surface area contributed by atoms with E-state index in [0.717, 1.165) is 5.56 Å². The minimum atomic E-state index is -1.61. The van der Waals surface area contributed by atoms with Crippen LogP contribution in [0.5, 0.6) is 0 Å². The summed E-state index contributed by atoms with van der Waals surface area (Å²) >= 11 is 0. The quantitative estimate of drug-likeness (QED) is 0.612. The van der Waals surface area contributed by atoms with Crippen molar-refractivity contribution in [2.45, 2.75) is 38.9 Å². The first-order valence-corrected chi connectivity index (χ1v) is 8.16. The minimum Gasteiger partial charge on any atom is -0.487 e. The van der Waals surface area contributed by atoms with Crippen LogP contribution in [0, 0.1) is 5.41 Å². The maximum atomic E-state index is 12.9. The molecule has 1 heterocycles. The summed E-state index contributed by atoms with van der Waals surface area (Å²) < 4.78 is 11.4. The van der Waals surface area contributed by atoms with Crippen LogP contribution in [-0.2, 0) is 23.9 Å². The molecule has 0 radical (unpaired) electrons. The highest BCUT2D eigenvalue weighted by Crippen LogP contribution is 2.42. The zero-order chi connectivity index (χ0) is 18.2. The fourth-order valence-corrected chi connectivity index (χ4v) is 2.96. The molecule has 25 heavy (non-hydrogen) atoms. The molecule has 0 amide bonds. The number of ether oxygens (including phenoxy) is 2. The van der Waals surface area contributed by atoms with Crippen molar-refractivity contribution in [2.24, 2.45) is 5.41 Å². The Kier molecular flexibility index (Phi) is 4.11. The molecule has 1 aromatic rings. The van der Waals surface area contributed by atoms with Gasteiger partial charge in [-0.2, -0.15) is 0 Å². The van der Waals surface area contributed by atoms with Gasteiger partial charge in [0.05, 0.1) is 0 Å². The van der Waals surface area contributed by atoms with Crippen LogP contribution in [0.2, 0.25) is 0 Å². The Hall–Kier alpha value is -2.69. The van der Waals surface area contributed by atoms with Crippen LogP contribution < -0.4 is 0 Å². The first-order chi connectivity index (χ1) is 11.7. The van der Waals surface area contributed by atoms with E-state index >= 15 is 0 Å². The maximum absolute atomic E-state index is 12.9. The fourth-order valence-electron chi connectivity index (χ4n) is 2.96. The van der Waals surface area contributed by atoms with Crippen molar-refractivity contribution in [1.29, 1.82) is 0 Å². The summed E-state index contributed by atoms with van der Waals surface area (Å²) in [6.45, 7) is 5.19. The van der Waals surface area contributed by atoms with Crippen LogP contribution >= 0.6 is 0 Å². The van der Waals surface area contributed by atoms with Crippen LogP contribution in [0.25, 0.3) is 5.76 Å². The Bertz CT molecular complexity index is 782. The van der Waals surface area contributed by atoms with Crippen LogP contribution in [0.1, 0.15) is 32.8 Å². The van der Waals surface area contributed by atoms with E-state index in [-0.39, 0.29) is 12.2 Å². The van der Waals surface area contributed by atoms with Crippen LogP contribution in [0.4, 0.5) is 0 Å². The lowest BCUT2D eigenvalue weighted by Crippen LogP contribution is -2.54. The molecule has 1 aliphatic carbocycles. The Morgan fingerprint density at radius 1 is 1.20 bits per heavy atom. The zero-order valence-corrected chi connectivity index (χ0v) is 14.4. The van der Waals surface area contributed by atoms with Crippen molar-refractivity contribution in [3.05, 3.63) is 54.1 Å². The largest absolute Gasteiger partial charge is 0.487 e. The molecule has 0 aromatic heterocycles. The normalized spacial score (nSPS) is 25.7. The molecule has 0 bridgehead atoms. The van der Waals surface area contributed by atoms with E-state index in [0.29, 0.717) is 5.76 Å². The summed E-state index contributed by atoms with van der Waals surface area (Å²) in [6.07, 6.45) is 2.95. The van der Waals surface area contributed by atoms with E-state index in [1.54, 1.807) is 32.9 Å². The molecule has 1 aliphatic heterocycles. The van der Waals surface area contributed by atoms with Gasteiger partial charge in [-0.05, 0) is 26.8 Å². The predicted octanol–water partition coefficient (Wildman–Crippen LogP) is 2.85. The van der Waals surface area contributed by atoms with Gasteiger partial charge in [-0.25, -0.2) is 0 Å². The van der Waals surface area contributed by atoms with Crippen molar-refractivity contribution < 1.29 is 23.9 Å². The van der Waals surface area contributed by atoms with E-state index in [1.165, 1.54) is 18.2 Å². The lowest BCUT2D eigenvalue weighted by Gasteiger charge is -2.40. The van der Waals surface area contributed by atoms with Gasteiger partial charge in [0.25, 0.3) is 0 Å². The second kappa shape index (κ2) is 5.99. The molecule has 0 unspecified atom stereocenters. The number of hydrogen-bond donors (Lipinski definition) is 0. The Balaban J connectivity index is 2.04. The Labute approximate surface area is 146 Å². The second-order valence-electron chi connectivity index (χ2n) is 7.22. The number of carbonyl (C=O) groups is 3. The lowest BCUT2D eigenvalue weighted by molar-refractivity contribution is -0.173. The molecule has 3 rings (SSSR count). The average Bonchev–Trinajstić information content (AvgIpc) is 2.53. The number of esters is 1. The van der Waals surface area contributed by atoms with E-state index in [9.17, 15) is 14.4 Å². The first-order valence-electron chi connectivity index (χ1n) is 8.16. The minimum absolute atomic E-state index is 0.0499. The van der Waals surface area contributed by atoms with Crippen molar-refractivity contribution in [3.63, 3.8) is 0 Å². The number of benzene rings is 1. The highest BCUT2D eigenvalue weighted by molar-refractivity contribution is 6.16. The molecule has 0 N–H and O–H groups in total. The standard InChI is InChI=1S/C20H20O5/c1-19(2,3)25-18(23)20-10-9-14(21)11-17(20)24-15(12-16(20)22)13-7-5-4-6-8-13/h4-10,12,17H,11H2,1-3H3/t17-,20+/m0/s1. The highest BCUT2D eigenvalue weighted by Gasteiger charge is 2.57. The molecule has 0 spiro atoms.